The average Bonchev–Trinajstić information content (AvgIpc) is 3.83. The molecule has 2 saturated carbocycles. The highest BCUT2D eigenvalue weighted by Crippen LogP contribution is 2.71. The van der Waals surface area contributed by atoms with E-state index < -0.39 is 55.9 Å². The van der Waals surface area contributed by atoms with Crippen molar-refractivity contribution in [2.24, 2.45) is 11.1 Å². The van der Waals surface area contributed by atoms with Crippen molar-refractivity contribution in [1.29, 1.82) is 0 Å². The highest BCUT2D eigenvalue weighted by atomic mass is 35.5. The number of benzene rings is 1. The van der Waals surface area contributed by atoms with Gasteiger partial charge in [-0.25, -0.2) is 9.18 Å². The Morgan fingerprint density at radius 2 is 1.93 bits per heavy atom. The SMILES string of the molecule is Cc1cc2c(=O)c(C(=O)OC(Cc3cccnc3)(P(=O)(O)O)P(=O)(O)O)cn(C3C[C@@H]3F)c2c(Cl)c1N1C[C@@H](N)C2(CC2)C1. The van der Waals surface area contributed by atoms with Crippen LogP contribution in [0.1, 0.15) is 46.8 Å². The first-order valence-corrected chi connectivity index (χ1v) is 17.4. The third-order valence-corrected chi connectivity index (χ3v) is 13.2. The van der Waals surface area contributed by atoms with E-state index in [2.05, 4.69) is 4.98 Å². The zero-order valence-electron chi connectivity index (χ0n) is 23.3. The number of hydrogen-bond donors (Lipinski definition) is 5. The second-order valence-corrected chi connectivity index (χ2v) is 16.3. The summed E-state index contributed by atoms with van der Waals surface area (Å²) >= 11 is 6.94. The molecule has 0 radical (unpaired) electrons. The Hall–Kier alpha value is -2.67. The Morgan fingerprint density at radius 3 is 2.45 bits per heavy atom. The van der Waals surface area contributed by atoms with Crippen LogP contribution in [-0.2, 0) is 20.3 Å². The molecule has 13 nitrogen and oxygen atoms in total. The minimum Gasteiger partial charge on any atom is -0.429 e. The van der Waals surface area contributed by atoms with Gasteiger partial charge in [0.25, 0.3) is 0 Å². The number of aryl methyl sites for hydroxylation is 1. The van der Waals surface area contributed by atoms with Crippen LogP contribution in [0.4, 0.5) is 10.1 Å². The van der Waals surface area contributed by atoms with Crippen LogP contribution in [0.2, 0.25) is 5.02 Å². The molecule has 3 fully saturated rings. The number of carbonyl (C=O) groups is 1. The van der Waals surface area contributed by atoms with Crippen LogP contribution in [0.3, 0.4) is 0 Å². The van der Waals surface area contributed by atoms with Crippen LogP contribution in [0.15, 0.2) is 41.6 Å². The first-order chi connectivity index (χ1) is 20.5. The van der Waals surface area contributed by atoms with E-state index >= 15 is 0 Å². The van der Waals surface area contributed by atoms with Gasteiger partial charge in [-0.2, -0.15) is 0 Å². The van der Waals surface area contributed by atoms with E-state index in [0.717, 1.165) is 25.2 Å². The van der Waals surface area contributed by atoms with Gasteiger partial charge in [0.05, 0.1) is 22.3 Å². The maximum absolute atomic E-state index is 14.5. The Bertz CT molecular complexity index is 1820. The summed E-state index contributed by atoms with van der Waals surface area (Å²) in [5.41, 5.74) is 5.90. The molecular formula is C27H30ClFN4O9P2. The van der Waals surface area contributed by atoms with Crippen molar-refractivity contribution in [2.75, 3.05) is 18.0 Å². The second kappa shape index (κ2) is 10.4. The maximum atomic E-state index is 14.5. The number of anilines is 1. The van der Waals surface area contributed by atoms with Crippen LogP contribution < -0.4 is 16.1 Å². The molecule has 6 rings (SSSR count). The predicted octanol–water partition coefficient (Wildman–Crippen LogP) is 2.98. The number of nitrogens with zero attached hydrogens (tertiary/aromatic N) is 3. The lowest BCUT2D eigenvalue weighted by Crippen LogP contribution is -2.38. The second-order valence-electron chi connectivity index (χ2n) is 12.0. The summed E-state index contributed by atoms with van der Waals surface area (Å²) in [5.74, 6) is -1.71. The smallest absolute Gasteiger partial charge is 0.381 e. The summed E-state index contributed by atoms with van der Waals surface area (Å²) in [4.78, 5) is 73.9. The maximum Gasteiger partial charge on any atom is 0.381 e. The molecule has 3 atom stereocenters. The Labute approximate surface area is 255 Å². The molecule has 1 spiro atoms. The van der Waals surface area contributed by atoms with Crippen molar-refractivity contribution in [3.63, 3.8) is 0 Å². The topological polar surface area (TPSA) is 206 Å². The lowest BCUT2D eigenvalue weighted by atomic mass is 10.0. The van der Waals surface area contributed by atoms with Gasteiger partial charge in [0, 0.05) is 61.4 Å². The molecule has 1 unspecified atom stereocenters. The molecule has 6 N–H and O–H groups in total. The molecule has 2 aromatic heterocycles. The molecule has 2 aliphatic carbocycles. The largest absolute Gasteiger partial charge is 0.429 e. The molecular weight excluding hydrogens is 641 g/mol. The number of hydrogen-bond acceptors (Lipinski definition) is 8. The molecule has 3 aliphatic rings. The fraction of sp³-hybridized carbons (Fsp3) is 0.444. The highest BCUT2D eigenvalue weighted by molar-refractivity contribution is 7.72. The number of carbonyl (C=O) groups excluding carboxylic acids is 1. The van der Waals surface area contributed by atoms with E-state index in [1.807, 2.05) is 4.90 Å². The van der Waals surface area contributed by atoms with Crippen molar-refractivity contribution in [2.45, 2.75) is 55.9 Å². The van der Waals surface area contributed by atoms with Crippen LogP contribution in [0.5, 0.6) is 0 Å². The fourth-order valence-corrected chi connectivity index (χ4v) is 9.19. The standard InChI is InChI=1S/C27H30ClFN4O9P2/c1-14-7-16-23(21(28)22(14)32-12-20(30)26(13-32)4-5-26)33(19-8-18(19)29)11-17(24(16)34)25(35)42-27(43(36,37)38,44(39,40)41)9-15-3-2-6-31-10-15/h2-3,6-7,10-11,18-20H,4-5,8-9,12-13,30H2,1H3,(H2,36,37,38)(H2,39,40,41)/t18-,19?,20+/m0/s1. The van der Waals surface area contributed by atoms with E-state index in [9.17, 15) is 42.7 Å². The molecule has 236 valence electrons. The fourth-order valence-electron chi connectivity index (χ4n) is 6.18. The number of halogens is 2. The monoisotopic (exact) mass is 670 g/mol. The van der Waals surface area contributed by atoms with Gasteiger partial charge in [0.2, 0.25) is 5.43 Å². The molecule has 3 aromatic rings. The van der Waals surface area contributed by atoms with Gasteiger partial charge in [0.15, 0.2) is 0 Å². The molecule has 0 bridgehead atoms. The number of esters is 1. The van der Waals surface area contributed by atoms with Crippen molar-refractivity contribution < 1.29 is 42.6 Å². The van der Waals surface area contributed by atoms with E-state index in [1.165, 1.54) is 29.0 Å². The van der Waals surface area contributed by atoms with Crippen LogP contribution in [0.25, 0.3) is 10.9 Å². The predicted molar refractivity (Wildman–Crippen MR) is 159 cm³/mol. The summed E-state index contributed by atoms with van der Waals surface area (Å²) in [7, 11) is -11.9. The quantitative estimate of drug-likeness (QED) is 0.173. The molecule has 1 saturated heterocycles. The summed E-state index contributed by atoms with van der Waals surface area (Å²) in [6.07, 6.45) is 2.94. The number of fused-ring (bicyclic) bond motifs is 1. The number of rotatable bonds is 8. The van der Waals surface area contributed by atoms with Gasteiger partial charge in [-0.05, 0) is 43.0 Å². The van der Waals surface area contributed by atoms with E-state index in [-0.39, 0.29) is 39.4 Å². The number of ether oxygens (including phenoxy) is 1. The molecule has 1 aromatic carbocycles. The zero-order chi connectivity index (χ0) is 32.0. The molecule has 44 heavy (non-hydrogen) atoms. The van der Waals surface area contributed by atoms with Crippen LogP contribution >= 0.6 is 26.8 Å². The normalized spacial score (nSPS) is 22.9. The van der Waals surface area contributed by atoms with E-state index in [0.29, 0.717) is 24.3 Å². The van der Waals surface area contributed by atoms with Gasteiger partial charge >= 0.3 is 26.2 Å². The van der Waals surface area contributed by atoms with Gasteiger partial charge in [-0.1, -0.05) is 17.7 Å². The van der Waals surface area contributed by atoms with Crippen molar-refractivity contribution >= 4 is 49.4 Å². The number of aromatic nitrogens is 2. The molecule has 17 heteroatoms. The summed E-state index contributed by atoms with van der Waals surface area (Å²) in [6, 6.07) is 3.23. The Balaban J connectivity index is 1.49. The highest BCUT2D eigenvalue weighted by Gasteiger charge is 2.64. The van der Waals surface area contributed by atoms with Gasteiger partial charge in [0.1, 0.15) is 11.7 Å². The third-order valence-electron chi connectivity index (χ3n) is 8.92. The summed E-state index contributed by atoms with van der Waals surface area (Å²) < 4.78 is 46.2. The van der Waals surface area contributed by atoms with Gasteiger partial charge < -0.3 is 39.5 Å². The lowest BCUT2D eigenvalue weighted by Gasteiger charge is -2.34. The zero-order valence-corrected chi connectivity index (χ0v) is 25.9. The minimum atomic E-state index is -5.94. The number of pyridine rings is 2. The van der Waals surface area contributed by atoms with Crippen molar-refractivity contribution in [1.82, 2.24) is 9.55 Å². The first-order valence-electron chi connectivity index (χ1n) is 13.8. The third kappa shape index (κ3) is 5.02. The van der Waals surface area contributed by atoms with Crippen molar-refractivity contribution in [3.8, 4) is 0 Å². The lowest BCUT2D eigenvalue weighted by molar-refractivity contribution is 0.0237. The average molecular weight is 671 g/mol. The van der Waals surface area contributed by atoms with E-state index in [4.69, 9.17) is 22.1 Å². The molecule has 1 aliphatic heterocycles. The number of alkyl halides is 1. The van der Waals surface area contributed by atoms with Gasteiger partial charge in [-0.3, -0.25) is 18.9 Å². The van der Waals surface area contributed by atoms with E-state index in [1.54, 1.807) is 6.92 Å². The number of nitrogens with two attached hydrogens (primary N) is 1. The van der Waals surface area contributed by atoms with Crippen LogP contribution in [-0.4, -0.2) is 65.5 Å². The minimum absolute atomic E-state index is 0.00145. The molecule has 3 heterocycles. The van der Waals surface area contributed by atoms with Gasteiger partial charge in [-0.15, -0.1) is 0 Å². The van der Waals surface area contributed by atoms with Crippen molar-refractivity contribution in [3.05, 3.63) is 68.7 Å². The Kier molecular flexibility index (Phi) is 7.43. The molecule has 0 amide bonds. The summed E-state index contributed by atoms with van der Waals surface area (Å²) in [6.45, 7) is 2.90. The summed E-state index contributed by atoms with van der Waals surface area (Å²) in [5, 5.41) is -3.63. The van der Waals surface area contributed by atoms with Crippen LogP contribution in [0, 0.1) is 12.3 Å². The Morgan fingerprint density at radius 1 is 1.27 bits per heavy atom. The first kappa shape index (κ1) is 31.3.